The van der Waals surface area contributed by atoms with Gasteiger partial charge in [-0.1, -0.05) is 6.42 Å². The Labute approximate surface area is 200 Å². The number of hydrogen-bond donors (Lipinski definition) is 1. The summed E-state index contributed by atoms with van der Waals surface area (Å²) in [6, 6.07) is 1.41. The molecule has 0 aliphatic carbocycles. The van der Waals surface area contributed by atoms with Crippen LogP contribution in [0.3, 0.4) is 0 Å². The van der Waals surface area contributed by atoms with Gasteiger partial charge < -0.3 is 24.3 Å². The summed E-state index contributed by atoms with van der Waals surface area (Å²) in [6.07, 6.45) is 1.73. The van der Waals surface area contributed by atoms with Crippen molar-refractivity contribution in [3.63, 3.8) is 0 Å². The van der Waals surface area contributed by atoms with Gasteiger partial charge in [0, 0.05) is 17.4 Å². The molecule has 0 aromatic heterocycles. The third kappa shape index (κ3) is 5.46. The molecule has 2 aliphatic rings. The van der Waals surface area contributed by atoms with Crippen molar-refractivity contribution in [1.82, 2.24) is 10.2 Å². The van der Waals surface area contributed by atoms with Crippen LogP contribution in [0.25, 0.3) is 0 Å². The number of amides is 3. The van der Waals surface area contributed by atoms with Gasteiger partial charge in [-0.15, -0.1) is 0 Å². The Morgan fingerprint density at radius 1 is 1.21 bits per heavy atom. The Morgan fingerprint density at radius 3 is 2.56 bits per heavy atom. The molecule has 2 saturated heterocycles. The van der Waals surface area contributed by atoms with E-state index in [1.165, 1.54) is 33.5 Å². The van der Waals surface area contributed by atoms with E-state index in [0.717, 1.165) is 17.7 Å². The Hall–Kier alpha value is -3.22. The third-order valence-electron chi connectivity index (χ3n) is 5.81. The van der Waals surface area contributed by atoms with Gasteiger partial charge >= 0.3 is 18.1 Å². The number of fused-ring (bicyclic) bond motifs is 1. The number of carbonyl (C=O) groups excluding carboxylic acids is 3. The predicted molar refractivity (Wildman–Crippen MR) is 121 cm³/mol. The number of rotatable bonds is 10. The van der Waals surface area contributed by atoms with Crippen molar-refractivity contribution in [2.24, 2.45) is 0 Å². The van der Waals surface area contributed by atoms with Gasteiger partial charge in [-0.05, 0) is 18.9 Å². The first kappa shape index (κ1) is 25.4. The largest absolute Gasteiger partial charge is 0.493 e. The van der Waals surface area contributed by atoms with Crippen LogP contribution in [0.15, 0.2) is 12.1 Å². The summed E-state index contributed by atoms with van der Waals surface area (Å²) < 4.78 is 20.2. The van der Waals surface area contributed by atoms with E-state index >= 15 is 0 Å². The highest BCUT2D eigenvalue weighted by atomic mass is 32.2. The molecule has 186 valence electrons. The molecule has 3 amide bonds. The zero-order chi connectivity index (χ0) is 24.8. The summed E-state index contributed by atoms with van der Waals surface area (Å²) in [6.45, 7) is -0.416. The molecule has 0 saturated carbocycles. The standard InChI is InChI=1S/C21H27N3O9S/c1-30-15-8-12(13(24(28)29)9-16(15)31-2)10-33-21(27)23-14-11-34-17(19(14)22-20(23)26)6-4-5-7-18(25)32-3/h8-9,14,17,19H,4-7,10-11H2,1-3H3,(H,22,26)/t14-,17-,19-/m0/s1. The fourth-order valence-electron chi connectivity index (χ4n) is 4.07. The summed E-state index contributed by atoms with van der Waals surface area (Å²) >= 11 is 1.65. The summed E-state index contributed by atoms with van der Waals surface area (Å²) in [5.41, 5.74) is -0.186. The maximum Gasteiger partial charge on any atom is 0.418 e. The zero-order valence-corrected chi connectivity index (χ0v) is 19.9. The van der Waals surface area contributed by atoms with E-state index in [0.29, 0.717) is 18.6 Å². The number of unbranched alkanes of at least 4 members (excludes halogenated alkanes) is 1. The molecule has 0 radical (unpaired) electrons. The second-order valence-electron chi connectivity index (χ2n) is 7.75. The van der Waals surface area contributed by atoms with Gasteiger partial charge in [-0.3, -0.25) is 14.9 Å². The molecular weight excluding hydrogens is 470 g/mol. The summed E-state index contributed by atoms with van der Waals surface area (Å²) in [5.74, 6) is 0.721. The van der Waals surface area contributed by atoms with E-state index < -0.39 is 23.7 Å². The van der Waals surface area contributed by atoms with Crippen molar-refractivity contribution in [2.45, 2.75) is 49.6 Å². The van der Waals surface area contributed by atoms with E-state index in [9.17, 15) is 24.5 Å². The Morgan fingerprint density at radius 2 is 1.91 bits per heavy atom. The van der Waals surface area contributed by atoms with Crippen LogP contribution in [0.5, 0.6) is 11.5 Å². The maximum atomic E-state index is 12.8. The van der Waals surface area contributed by atoms with Crippen molar-refractivity contribution in [2.75, 3.05) is 27.1 Å². The monoisotopic (exact) mass is 497 g/mol. The fourth-order valence-corrected chi connectivity index (χ4v) is 5.66. The molecule has 12 nitrogen and oxygen atoms in total. The first-order valence-electron chi connectivity index (χ1n) is 10.6. The fraction of sp³-hybridized carbons (Fsp3) is 0.571. The highest BCUT2D eigenvalue weighted by Gasteiger charge is 2.51. The SMILES string of the molecule is COC(=O)CCCC[C@@H]1SC[C@H]2[C@@H]1NC(=O)N2C(=O)OCc1cc(OC)c(OC)cc1[N+](=O)[O-]. The highest BCUT2D eigenvalue weighted by molar-refractivity contribution is 8.00. The number of nitrogens with zero attached hydrogens (tertiary/aromatic N) is 2. The topological polar surface area (TPSA) is 147 Å². The number of hydrogen-bond acceptors (Lipinski definition) is 10. The smallest absolute Gasteiger partial charge is 0.418 e. The Kier molecular flexibility index (Phi) is 8.42. The minimum Gasteiger partial charge on any atom is -0.493 e. The Balaban J connectivity index is 1.61. The third-order valence-corrected chi connectivity index (χ3v) is 7.30. The van der Waals surface area contributed by atoms with Crippen LogP contribution in [0.1, 0.15) is 31.2 Å². The molecule has 3 rings (SSSR count). The van der Waals surface area contributed by atoms with Crippen LogP contribution in [0.2, 0.25) is 0 Å². The van der Waals surface area contributed by atoms with Crippen LogP contribution in [0, 0.1) is 10.1 Å². The number of thioether (sulfide) groups is 1. The first-order valence-corrected chi connectivity index (χ1v) is 11.7. The molecule has 1 aromatic rings. The highest BCUT2D eigenvalue weighted by Crippen LogP contribution is 2.38. The lowest BCUT2D eigenvalue weighted by atomic mass is 10.0. The molecule has 0 spiro atoms. The van der Waals surface area contributed by atoms with Crippen molar-refractivity contribution >= 4 is 35.5 Å². The van der Waals surface area contributed by atoms with Gasteiger partial charge in [-0.25, -0.2) is 14.5 Å². The predicted octanol–water partition coefficient (Wildman–Crippen LogP) is 2.86. The lowest BCUT2D eigenvalue weighted by Crippen LogP contribution is -2.41. The summed E-state index contributed by atoms with van der Waals surface area (Å²) in [4.78, 5) is 48.4. The average molecular weight is 498 g/mol. The molecular formula is C21H27N3O9S. The second-order valence-corrected chi connectivity index (χ2v) is 9.03. The second kappa shape index (κ2) is 11.3. The number of imide groups is 1. The number of nitro groups is 1. The van der Waals surface area contributed by atoms with Gasteiger partial charge in [0.2, 0.25) is 0 Å². The zero-order valence-electron chi connectivity index (χ0n) is 19.1. The average Bonchev–Trinajstić information content (AvgIpc) is 3.36. The van der Waals surface area contributed by atoms with Crippen molar-refractivity contribution in [1.29, 1.82) is 0 Å². The van der Waals surface area contributed by atoms with E-state index in [1.54, 1.807) is 11.8 Å². The van der Waals surface area contributed by atoms with Gasteiger partial charge in [-0.2, -0.15) is 11.8 Å². The molecule has 0 bridgehead atoms. The molecule has 13 heteroatoms. The number of esters is 1. The van der Waals surface area contributed by atoms with Gasteiger partial charge in [0.1, 0.15) is 6.61 Å². The molecule has 3 atom stereocenters. The molecule has 1 aromatic carbocycles. The van der Waals surface area contributed by atoms with Crippen molar-refractivity contribution in [3.05, 3.63) is 27.8 Å². The number of ether oxygens (including phenoxy) is 4. The van der Waals surface area contributed by atoms with Crippen LogP contribution in [-0.4, -0.2) is 72.3 Å². The molecule has 0 unspecified atom stereocenters. The summed E-state index contributed by atoms with van der Waals surface area (Å²) in [7, 11) is 4.10. The van der Waals surface area contributed by atoms with Crippen LogP contribution >= 0.6 is 11.8 Å². The van der Waals surface area contributed by atoms with Gasteiger partial charge in [0.15, 0.2) is 11.5 Å². The van der Waals surface area contributed by atoms with Gasteiger partial charge in [0.05, 0.1) is 50.0 Å². The minimum absolute atomic E-state index is 0.108. The van der Waals surface area contributed by atoms with E-state index in [-0.39, 0.29) is 46.1 Å². The number of urea groups is 1. The molecule has 1 N–H and O–H groups in total. The van der Waals surface area contributed by atoms with E-state index in [1.807, 2.05) is 0 Å². The quantitative estimate of drug-likeness (QED) is 0.168. The molecule has 2 heterocycles. The van der Waals surface area contributed by atoms with Crippen LogP contribution in [-0.2, 0) is 20.9 Å². The minimum atomic E-state index is -0.874. The maximum absolute atomic E-state index is 12.8. The number of methoxy groups -OCH3 is 3. The van der Waals surface area contributed by atoms with Crippen molar-refractivity contribution < 1.29 is 38.3 Å². The van der Waals surface area contributed by atoms with Crippen LogP contribution in [0.4, 0.5) is 15.3 Å². The number of carbonyl (C=O) groups is 3. The van der Waals surface area contributed by atoms with Gasteiger partial charge in [0.25, 0.3) is 5.69 Å². The first-order chi connectivity index (χ1) is 16.3. The van der Waals surface area contributed by atoms with Crippen LogP contribution < -0.4 is 14.8 Å². The van der Waals surface area contributed by atoms with E-state index in [4.69, 9.17) is 14.2 Å². The van der Waals surface area contributed by atoms with Crippen molar-refractivity contribution in [3.8, 4) is 11.5 Å². The lowest BCUT2D eigenvalue weighted by molar-refractivity contribution is -0.385. The summed E-state index contributed by atoms with van der Waals surface area (Å²) in [5, 5.41) is 14.4. The Bertz CT molecular complexity index is 958. The molecule has 2 aliphatic heterocycles. The number of benzene rings is 1. The number of nitro benzene ring substituents is 1. The van der Waals surface area contributed by atoms with E-state index in [2.05, 4.69) is 10.1 Å². The lowest BCUT2D eigenvalue weighted by Gasteiger charge is -2.20. The molecule has 34 heavy (non-hydrogen) atoms. The normalized spacial score (nSPS) is 21.0. The molecule has 2 fully saturated rings. The number of nitrogens with one attached hydrogen (secondary N) is 1.